The molecule has 6 heteroatoms. The number of aromatic nitrogens is 1. The molecule has 2 heterocycles. The zero-order valence-electron chi connectivity index (χ0n) is 15.1. The molecule has 1 atom stereocenters. The van der Waals surface area contributed by atoms with Crippen LogP contribution in [0.25, 0.3) is 11.3 Å². The predicted octanol–water partition coefficient (Wildman–Crippen LogP) is 3.62. The standard InChI is InChI=1S/C19H24N2O4/c1-12(2)16-6-5-9-21(16)19(22)15-11-18(25-20-15)14-10-13(23-3)7-8-17(14)24-4/h7-8,10-12,16H,5-6,9H2,1-4H3. The first-order valence-corrected chi connectivity index (χ1v) is 8.55. The topological polar surface area (TPSA) is 64.8 Å². The quantitative estimate of drug-likeness (QED) is 0.829. The summed E-state index contributed by atoms with van der Waals surface area (Å²) in [6.45, 7) is 5.06. The van der Waals surface area contributed by atoms with Crippen LogP contribution >= 0.6 is 0 Å². The summed E-state index contributed by atoms with van der Waals surface area (Å²) in [7, 11) is 3.19. The highest BCUT2D eigenvalue weighted by Gasteiger charge is 2.33. The van der Waals surface area contributed by atoms with Gasteiger partial charge >= 0.3 is 0 Å². The normalized spacial score (nSPS) is 17.2. The molecule has 0 N–H and O–H groups in total. The molecule has 3 rings (SSSR count). The Balaban J connectivity index is 1.89. The molecule has 1 fully saturated rings. The number of likely N-dealkylation sites (tertiary alicyclic amines) is 1. The number of ether oxygens (including phenoxy) is 2. The molecule has 1 aromatic heterocycles. The van der Waals surface area contributed by atoms with Gasteiger partial charge in [-0.25, -0.2) is 0 Å². The SMILES string of the molecule is COc1ccc(OC)c(-c2cc(C(=O)N3CCCC3C(C)C)no2)c1. The lowest BCUT2D eigenvalue weighted by molar-refractivity contribution is 0.0691. The Hall–Kier alpha value is -2.50. The molecule has 1 unspecified atom stereocenters. The molecule has 2 aromatic rings. The highest BCUT2D eigenvalue weighted by Crippen LogP contribution is 2.34. The Morgan fingerprint density at radius 2 is 2.08 bits per heavy atom. The summed E-state index contributed by atoms with van der Waals surface area (Å²) in [5, 5.41) is 4.00. The van der Waals surface area contributed by atoms with Crippen molar-refractivity contribution in [1.82, 2.24) is 10.1 Å². The maximum atomic E-state index is 12.8. The molecular formula is C19H24N2O4. The van der Waals surface area contributed by atoms with Gasteiger partial charge in [0.2, 0.25) is 0 Å². The third kappa shape index (κ3) is 3.34. The molecule has 1 aliphatic rings. The molecule has 1 aromatic carbocycles. The summed E-state index contributed by atoms with van der Waals surface area (Å²) in [6.07, 6.45) is 2.07. The van der Waals surface area contributed by atoms with Crippen molar-refractivity contribution in [2.45, 2.75) is 32.7 Å². The van der Waals surface area contributed by atoms with Crippen LogP contribution in [-0.4, -0.2) is 42.8 Å². The lowest BCUT2D eigenvalue weighted by Gasteiger charge is -2.26. The highest BCUT2D eigenvalue weighted by molar-refractivity contribution is 5.93. The van der Waals surface area contributed by atoms with Gasteiger partial charge < -0.3 is 18.9 Å². The van der Waals surface area contributed by atoms with Gasteiger partial charge in [0.25, 0.3) is 5.91 Å². The molecule has 0 spiro atoms. The van der Waals surface area contributed by atoms with Gasteiger partial charge in [-0.1, -0.05) is 19.0 Å². The van der Waals surface area contributed by atoms with E-state index in [2.05, 4.69) is 19.0 Å². The van der Waals surface area contributed by atoms with Crippen LogP contribution in [0.3, 0.4) is 0 Å². The molecule has 1 saturated heterocycles. The molecule has 134 valence electrons. The smallest absolute Gasteiger partial charge is 0.276 e. The van der Waals surface area contributed by atoms with Crippen molar-refractivity contribution in [2.75, 3.05) is 20.8 Å². The average molecular weight is 344 g/mol. The Morgan fingerprint density at radius 1 is 1.28 bits per heavy atom. The van der Waals surface area contributed by atoms with Gasteiger partial charge in [0.15, 0.2) is 11.5 Å². The maximum absolute atomic E-state index is 12.8. The minimum Gasteiger partial charge on any atom is -0.497 e. The molecule has 0 saturated carbocycles. The second-order valence-electron chi connectivity index (χ2n) is 6.59. The van der Waals surface area contributed by atoms with Crippen LogP contribution in [0.15, 0.2) is 28.8 Å². The van der Waals surface area contributed by atoms with E-state index < -0.39 is 0 Å². The van der Waals surface area contributed by atoms with Crippen molar-refractivity contribution in [2.24, 2.45) is 5.92 Å². The van der Waals surface area contributed by atoms with Crippen LogP contribution in [0.5, 0.6) is 11.5 Å². The molecule has 0 bridgehead atoms. The van der Waals surface area contributed by atoms with Crippen LogP contribution in [0, 0.1) is 5.92 Å². The molecular weight excluding hydrogens is 320 g/mol. The van der Waals surface area contributed by atoms with E-state index in [1.165, 1.54) is 0 Å². The molecule has 0 aliphatic carbocycles. The number of amides is 1. The molecule has 0 radical (unpaired) electrons. The fourth-order valence-corrected chi connectivity index (χ4v) is 3.39. The average Bonchev–Trinajstić information content (AvgIpc) is 3.30. The van der Waals surface area contributed by atoms with E-state index >= 15 is 0 Å². The number of benzene rings is 1. The van der Waals surface area contributed by atoms with Crippen LogP contribution < -0.4 is 9.47 Å². The van der Waals surface area contributed by atoms with Gasteiger partial charge in [-0.15, -0.1) is 0 Å². The van der Waals surface area contributed by atoms with E-state index in [9.17, 15) is 4.79 Å². The summed E-state index contributed by atoms with van der Waals surface area (Å²) < 4.78 is 16.1. The predicted molar refractivity (Wildman–Crippen MR) is 93.9 cm³/mol. The monoisotopic (exact) mass is 344 g/mol. The summed E-state index contributed by atoms with van der Waals surface area (Å²) in [5.41, 5.74) is 1.03. The Bertz CT molecular complexity index is 754. The summed E-state index contributed by atoms with van der Waals surface area (Å²) in [5.74, 6) is 2.15. The van der Waals surface area contributed by atoms with E-state index in [1.54, 1.807) is 32.4 Å². The van der Waals surface area contributed by atoms with Crippen LogP contribution in [0.4, 0.5) is 0 Å². The van der Waals surface area contributed by atoms with Crippen molar-refractivity contribution >= 4 is 5.91 Å². The minimum absolute atomic E-state index is 0.0759. The number of carbonyl (C=O) groups excluding carboxylic acids is 1. The van der Waals surface area contributed by atoms with Crippen molar-refractivity contribution in [1.29, 1.82) is 0 Å². The number of hydrogen-bond acceptors (Lipinski definition) is 5. The van der Waals surface area contributed by atoms with Crippen molar-refractivity contribution < 1.29 is 18.8 Å². The van der Waals surface area contributed by atoms with Gasteiger partial charge in [0.05, 0.1) is 19.8 Å². The van der Waals surface area contributed by atoms with Gasteiger partial charge in [-0.05, 0) is 37.0 Å². The maximum Gasteiger partial charge on any atom is 0.276 e. The van der Waals surface area contributed by atoms with Gasteiger partial charge in [0, 0.05) is 18.7 Å². The molecule has 1 amide bonds. The Kier molecular flexibility index (Phi) is 4.97. The third-order valence-corrected chi connectivity index (χ3v) is 4.73. The Labute approximate surface area is 147 Å². The van der Waals surface area contributed by atoms with E-state index in [4.69, 9.17) is 14.0 Å². The van der Waals surface area contributed by atoms with Gasteiger partial charge in [-0.2, -0.15) is 0 Å². The molecule has 1 aliphatic heterocycles. The lowest BCUT2D eigenvalue weighted by Crippen LogP contribution is -2.38. The third-order valence-electron chi connectivity index (χ3n) is 4.73. The van der Waals surface area contributed by atoms with Crippen molar-refractivity contribution in [3.8, 4) is 22.8 Å². The Morgan fingerprint density at radius 3 is 2.76 bits per heavy atom. The first-order valence-electron chi connectivity index (χ1n) is 8.55. The lowest BCUT2D eigenvalue weighted by atomic mass is 10.0. The minimum atomic E-state index is -0.0759. The van der Waals surface area contributed by atoms with Crippen LogP contribution in [0.2, 0.25) is 0 Å². The van der Waals surface area contributed by atoms with E-state index in [0.717, 1.165) is 19.4 Å². The fourth-order valence-electron chi connectivity index (χ4n) is 3.39. The number of methoxy groups -OCH3 is 2. The van der Waals surface area contributed by atoms with Gasteiger partial charge in [-0.3, -0.25) is 4.79 Å². The number of carbonyl (C=O) groups is 1. The van der Waals surface area contributed by atoms with Crippen molar-refractivity contribution in [3.63, 3.8) is 0 Å². The molecule has 25 heavy (non-hydrogen) atoms. The number of hydrogen-bond donors (Lipinski definition) is 0. The number of nitrogens with zero attached hydrogens (tertiary/aromatic N) is 2. The van der Waals surface area contributed by atoms with Gasteiger partial charge in [0.1, 0.15) is 11.5 Å². The largest absolute Gasteiger partial charge is 0.497 e. The summed E-state index contributed by atoms with van der Waals surface area (Å²) in [4.78, 5) is 14.7. The van der Waals surface area contributed by atoms with E-state index in [0.29, 0.717) is 34.4 Å². The summed E-state index contributed by atoms with van der Waals surface area (Å²) in [6, 6.07) is 7.35. The zero-order valence-corrected chi connectivity index (χ0v) is 15.1. The number of rotatable bonds is 5. The second-order valence-corrected chi connectivity index (χ2v) is 6.59. The van der Waals surface area contributed by atoms with Crippen LogP contribution in [0.1, 0.15) is 37.2 Å². The highest BCUT2D eigenvalue weighted by atomic mass is 16.5. The second kappa shape index (κ2) is 7.17. The fraction of sp³-hybridized carbons (Fsp3) is 0.474. The zero-order chi connectivity index (χ0) is 18.0. The summed E-state index contributed by atoms with van der Waals surface area (Å²) >= 11 is 0. The molecule has 6 nitrogen and oxygen atoms in total. The van der Waals surface area contributed by atoms with E-state index in [1.807, 2.05) is 11.0 Å². The first kappa shape index (κ1) is 17.3. The van der Waals surface area contributed by atoms with E-state index in [-0.39, 0.29) is 11.9 Å². The first-order chi connectivity index (χ1) is 12.0. The van der Waals surface area contributed by atoms with Crippen LogP contribution in [-0.2, 0) is 0 Å². The van der Waals surface area contributed by atoms with Crippen molar-refractivity contribution in [3.05, 3.63) is 30.0 Å².